The van der Waals surface area contributed by atoms with Crippen LogP contribution in [0.25, 0.3) is 6.08 Å². The summed E-state index contributed by atoms with van der Waals surface area (Å²) in [7, 11) is 1.56. The molecule has 2 aromatic rings. The number of allylic oxidation sites excluding steroid dienone is 1. The molecule has 0 N–H and O–H groups in total. The molecule has 0 saturated carbocycles. The quantitative estimate of drug-likeness (QED) is 0.495. The second-order valence-corrected chi connectivity index (χ2v) is 4.93. The van der Waals surface area contributed by atoms with Gasteiger partial charge >= 0.3 is 5.97 Å². The van der Waals surface area contributed by atoms with Crippen LogP contribution >= 0.6 is 0 Å². The normalized spacial score (nSPS) is 14.3. The lowest BCUT2D eigenvalue weighted by molar-refractivity contribution is -0.131. The van der Waals surface area contributed by atoms with Crippen LogP contribution in [-0.2, 0) is 4.79 Å². The minimum Gasteiger partial charge on any atom is -0.496 e. The molecule has 2 aromatic carbocycles. The Hall–Kier alpha value is -3.08. The molecule has 5 nitrogen and oxygen atoms in total. The summed E-state index contributed by atoms with van der Waals surface area (Å²) in [4.78, 5) is 23.4. The van der Waals surface area contributed by atoms with Crippen LogP contribution in [-0.4, -0.2) is 18.9 Å². The van der Waals surface area contributed by atoms with Crippen LogP contribution in [0.3, 0.4) is 0 Å². The van der Waals surface area contributed by atoms with Crippen molar-refractivity contribution in [3.05, 3.63) is 59.4 Å². The Morgan fingerprint density at radius 1 is 1.17 bits per heavy atom. The number of hydrogen-bond donors (Lipinski definition) is 0. The fourth-order valence-electron chi connectivity index (χ4n) is 2.32. The van der Waals surface area contributed by atoms with E-state index in [0.717, 1.165) is 5.56 Å². The highest BCUT2D eigenvalue weighted by Crippen LogP contribution is 2.35. The third-order valence-electron chi connectivity index (χ3n) is 3.33. The number of ketones is 1. The topological polar surface area (TPSA) is 61.8 Å². The summed E-state index contributed by atoms with van der Waals surface area (Å²) in [6.07, 6.45) is 1.63. The lowest BCUT2D eigenvalue weighted by Gasteiger charge is -2.05. The zero-order valence-corrected chi connectivity index (χ0v) is 12.7. The van der Waals surface area contributed by atoms with Gasteiger partial charge in [0.05, 0.1) is 12.7 Å². The fourth-order valence-corrected chi connectivity index (χ4v) is 2.32. The highest BCUT2D eigenvalue weighted by atomic mass is 16.5. The van der Waals surface area contributed by atoms with Gasteiger partial charge in [0.1, 0.15) is 17.2 Å². The highest BCUT2D eigenvalue weighted by molar-refractivity contribution is 6.14. The SMILES string of the molecule is COc1ccccc1/C=C1\Oc2cc(OC(C)=O)ccc2C1=O. The van der Waals surface area contributed by atoms with E-state index in [2.05, 4.69) is 0 Å². The van der Waals surface area contributed by atoms with Crippen molar-refractivity contribution < 1.29 is 23.8 Å². The number of rotatable bonds is 3. The van der Waals surface area contributed by atoms with E-state index in [1.165, 1.54) is 13.0 Å². The van der Waals surface area contributed by atoms with Crippen LogP contribution < -0.4 is 14.2 Å². The zero-order valence-electron chi connectivity index (χ0n) is 12.7. The van der Waals surface area contributed by atoms with Gasteiger partial charge in [-0.2, -0.15) is 0 Å². The van der Waals surface area contributed by atoms with Gasteiger partial charge in [-0.15, -0.1) is 0 Å². The third-order valence-corrected chi connectivity index (χ3v) is 3.33. The van der Waals surface area contributed by atoms with Crippen molar-refractivity contribution in [3.63, 3.8) is 0 Å². The van der Waals surface area contributed by atoms with Crippen LogP contribution in [0.5, 0.6) is 17.2 Å². The number of para-hydroxylation sites is 1. The fraction of sp³-hybridized carbons (Fsp3) is 0.111. The third kappa shape index (κ3) is 2.94. The number of carbonyl (C=O) groups is 2. The average molecular weight is 310 g/mol. The number of Topliss-reactive ketones (excluding diaryl/α,β-unsaturated/α-hetero) is 1. The van der Waals surface area contributed by atoms with Gasteiger partial charge in [-0.3, -0.25) is 9.59 Å². The van der Waals surface area contributed by atoms with E-state index in [1.807, 2.05) is 18.2 Å². The summed E-state index contributed by atoms with van der Waals surface area (Å²) in [5.74, 6) is 0.897. The summed E-state index contributed by atoms with van der Waals surface area (Å²) in [6, 6.07) is 12.0. The van der Waals surface area contributed by atoms with Gasteiger partial charge in [-0.05, 0) is 24.3 Å². The summed E-state index contributed by atoms with van der Waals surface area (Å²) in [5, 5.41) is 0. The van der Waals surface area contributed by atoms with Gasteiger partial charge in [-0.1, -0.05) is 18.2 Å². The molecular formula is C18H14O5. The molecule has 0 unspecified atom stereocenters. The molecule has 0 spiro atoms. The van der Waals surface area contributed by atoms with Crippen LogP contribution in [0, 0.1) is 0 Å². The lowest BCUT2D eigenvalue weighted by Crippen LogP contribution is -2.01. The molecule has 3 rings (SSSR count). The van der Waals surface area contributed by atoms with Crippen LogP contribution in [0.1, 0.15) is 22.8 Å². The summed E-state index contributed by atoms with van der Waals surface area (Å²) < 4.78 is 15.9. The van der Waals surface area contributed by atoms with Crippen molar-refractivity contribution in [1.82, 2.24) is 0 Å². The van der Waals surface area contributed by atoms with Crippen molar-refractivity contribution in [2.45, 2.75) is 6.92 Å². The molecule has 0 amide bonds. The molecule has 0 saturated heterocycles. The molecule has 0 fully saturated rings. The molecule has 1 heterocycles. The Labute approximate surface area is 133 Å². The smallest absolute Gasteiger partial charge is 0.308 e. The zero-order chi connectivity index (χ0) is 16.4. The van der Waals surface area contributed by atoms with Crippen molar-refractivity contribution in [1.29, 1.82) is 0 Å². The molecule has 23 heavy (non-hydrogen) atoms. The largest absolute Gasteiger partial charge is 0.496 e. The van der Waals surface area contributed by atoms with Crippen molar-refractivity contribution in [2.24, 2.45) is 0 Å². The van der Waals surface area contributed by atoms with Crippen molar-refractivity contribution >= 4 is 17.8 Å². The second kappa shape index (κ2) is 5.96. The molecule has 5 heteroatoms. The number of benzene rings is 2. The van der Waals surface area contributed by atoms with Gasteiger partial charge < -0.3 is 14.2 Å². The van der Waals surface area contributed by atoms with Crippen LogP contribution in [0.15, 0.2) is 48.2 Å². The molecule has 0 aliphatic carbocycles. The van der Waals surface area contributed by atoms with E-state index in [-0.39, 0.29) is 11.5 Å². The number of carbonyl (C=O) groups excluding carboxylic acids is 2. The molecule has 0 bridgehead atoms. The Morgan fingerprint density at radius 2 is 1.96 bits per heavy atom. The highest BCUT2D eigenvalue weighted by Gasteiger charge is 2.28. The summed E-state index contributed by atoms with van der Waals surface area (Å²) in [6.45, 7) is 1.31. The standard InChI is InChI=1S/C18H14O5/c1-11(19)22-13-7-8-14-16(10-13)23-17(18(14)20)9-12-5-3-4-6-15(12)21-2/h3-10H,1-2H3/b17-9-. The summed E-state index contributed by atoms with van der Waals surface area (Å²) in [5.41, 5.74) is 1.17. The van der Waals surface area contributed by atoms with E-state index in [9.17, 15) is 9.59 Å². The van der Waals surface area contributed by atoms with Gasteiger partial charge in [0.2, 0.25) is 5.78 Å². The van der Waals surface area contributed by atoms with E-state index in [0.29, 0.717) is 22.8 Å². The van der Waals surface area contributed by atoms with Gasteiger partial charge in [0.25, 0.3) is 0 Å². The number of hydrogen-bond acceptors (Lipinski definition) is 5. The summed E-state index contributed by atoms with van der Waals surface area (Å²) >= 11 is 0. The van der Waals surface area contributed by atoms with Crippen LogP contribution in [0.4, 0.5) is 0 Å². The minimum absolute atomic E-state index is 0.199. The Bertz CT molecular complexity index is 820. The van der Waals surface area contributed by atoms with E-state index < -0.39 is 5.97 Å². The maximum atomic E-state index is 12.4. The number of methoxy groups -OCH3 is 1. The Balaban J connectivity index is 1.94. The maximum absolute atomic E-state index is 12.4. The lowest BCUT2D eigenvalue weighted by atomic mass is 10.1. The number of ether oxygens (including phenoxy) is 3. The van der Waals surface area contributed by atoms with Crippen molar-refractivity contribution in [2.75, 3.05) is 7.11 Å². The van der Waals surface area contributed by atoms with Gasteiger partial charge in [-0.25, -0.2) is 0 Å². The number of esters is 1. The molecule has 0 aromatic heterocycles. The van der Waals surface area contributed by atoms with Gasteiger partial charge in [0.15, 0.2) is 5.76 Å². The first-order valence-corrected chi connectivity index (χ1v) is 6.98. The Morgan fingerprint density at radius 3 is 2.70 bits per heavy atom. The molecule has 0 radical (unpaired) electrons. The van der Waals surface area contributed by atoms with Crippen molar-refractivity contribution in [3.8, 4) is 17.2 Å². The molecule has 116 valence electrons. The van der Waals surface area contributed by atoms with E-state index >= 15 is 0 Å². The Kier molecular flexibility index (Phi) is 3.85. The number of fused-ring (bicyclic) bond motifs is 1. The predicted molar refractivity (Wildman–Crippen MR) is 83.7 cm³/mol. The average Bonchev–Trinajstić information content (AvgIpc) is 2.83. The molecule has 0 atom stereocenters. The van der Waals surface area contributed by atoms with E-state index in [1.54, 1.807) is 31.4 Å². The molecule has 1 aliphatic heterocycles. The van der Waals surface area contributed by atoms with E-state index in [4.69, 9.17) is 14.2 Å². The second-order valence-electron chi connectivity index (χ2n) is 4.93. The molecule has 1 aliphatic rings. The van der Waals surface area contributed by atoms with Gasteiger partial charge in [0, 0.05) is 18.6 Å². The maximum Gasteiger partial charge on any atom is 0.308 e. The molecular weight excluding hydrogens is 296 g/mol. The minimum atomic E-state index is -0.431. The first-order valence-electron chi connectivity index (χ1n) is 6.98. The first-order chi connectivity index (χ1) is 11.1. The first kappa shape index (κ1) is 14.8. The monoisotopic (exact) mass is 310 g/mol. The van der Waals surface area contributed by atoms with Crippen LogP contribution in [0.2, 0.25) is 0 Å². The predicted octanol–water partition coefficient (Wildman–Crippen LogP) is 3.24.